The van der Waals surface area contributed by atoms with E-state index in [4.69, 9.17) is 4.74 Å². The molecule has 8 nitrogen and oxygen atoms in total. The van der Waals surface area contributed by atoms with Gasteiger partial charge in [0.2, 0.25) is 5.91 Å². The first-order chi connectivity index (χ1) is 10.7. The van der Waals surface area contributed by atoms with Crippen LogP contribution in [0, 0.1) is 10.1 Å². The Morgan fingerprint density at radius 3 is 2.87 bits per heavy atom. The van der Waals surface area contributed by atoms with Crippen molar-refractivity contribution in [1.82, 2.24) is 10.6 Å². The molecule has 2 rings (SSSR count). The van der Waals surface area contributed by atoms with Gasteiger partial charge in [0, 0.05) is 38.2 Å². The molecule has 1 aliphatic rings. The number of carbonyl (C=O) groups excluding carboxylic acids is 1. The summed E-state index contributed by atoms with van der Waals surface area (Å²) in [7, 11) is 0. The van der Waals surface area contributed by atoms with Crippen LogP contribution in [-0.4, -0.2) is 49.7 Å². The van der Waals surface area contributed by atoms with Gasteiger partial charge in [0.05, 0.1) is 18.1 Å². The number of carbonyl (C=O) groups is 1. The van der Waals surface area contributed by atoms with Gasteiger partial charge in [-0.3, -0.25) is 14.9 Å². The van der Waals surface area contributed by atoms with E-state index in [0.717, 1.165) is 6.54 Å². The SMILES string of the molecule is Cl.O=C(CC1COCCN1)NCCNc1ccccc1[N+](=O)[O-]. The van der Waals surface area contributed by atoms with Crippen molar-refractivity contribution in [3.8, 4) is 0 Å². The molecule has 1 aromatic carbocycles. The van der Waals surface area contributed by atoms with Gasteiger partial charge in [-0.1, -0.05) is 12.1 Å². The smallest absolute Gasteiger partial charge is 0.292 e. The van der Waals surface area contributed by atoms with Gasteiger partial charge in [0.25, 0.3) is 5.69 Å². The maximum Gasteiger partial charge on any atom is 0.292 e. The lowest BCUT2D eigenvalue weighted by Crippen LogP contribution is -2.44. The number of anilines is 1. The predicted octanol–water partition coefficient (Wildman–Crippen LogP) is 0.923. The Labute approximate surface area is 140 Å². The van der Waals surface area contributed by atoms with E-state index < -0.39 is 4.92 Å². The number of morpholine rings is 1. The fourth-order valence-electron chi connectivity index (χ4n) is 2.23. The van der Waals surface area contributed by atoms with Gasteiger partial charge in [-0.15, -0.1) is 12.4 Å². The lowest BCUT2D eigenvalue weighted by molar-refractivity contribution is -0.384. The minimum absolute atomic E-state index is 0. The van der Waals surface area contributed by atoms with Crippen molar-refractivity contribution in [2.24, 2.45) is 0 Å². The minimum atomic E-state index is -0.435. The van der Waals surface area contributed by atoms with Crippen molar-refractivity contribution in [2.75, 3.05) is 38.2 Å². The highest BCUT2D eigenvalue weighted by atomic mass is 35.5. The van der Waals surface area contributed by atoms with Crippen LogP contribution in [0.25, 0.3) is 0 Å². The summed E-state index contributed by atoms with van der Waals surface area (Å²) in [5, 5.41) is 19.8. The van der Waals surface area contributed by atoms with Crippen LogP contribution in [0.3, 0.4) is 0 Å². The molecule has 1 aliphatic heterocycles. The Balaban J connectivity index is 0.00000264. The zero-order chi connectivity index (χ0) is 15.8. The number of nitrogens with one attached hydrogen (secondary N) is 3. The van der Waals surface area contributed by atoms with E-state index >= 15 is 0 Å². The molecule has 1 unspecified atom stereocenters. The number of para-hydroxylation sites is 2. The van der Waals surface area contributed by atoms with Gasteiger partial charge in [-0.2, -0.15) is 0 Å². The normalized spacial score (nSPS) is 17.0. The molecule has 0 spiro atoms. The largest absolute Gasteiger partial charge is 0.378 e. The summed E-state index contributed by atoms with van der Waals surface area (Å²) < 4.78 is 5.28. The van der Waals surface area contributed by atoms with E-state index in [-0.39, 0.29) is 30.0 Å². The number of rotatable bonds is 7. The van der Waals surface area contributed by atoms with E-state index in [1.165, 1.54) is 6.07 Å². The maximum absolute atomic E-state index is 11.8. The Morgan fingerprint density at radius 2 is 2.17 bits per heavy atom. The summed E-state index contributed by atoms with van der Waals surface area (Å²) in [4.78, 5) is 22.2. The molecule has 1 amide bonds. The molecular weight excluding hydrogens is 324 g/mol. The Morgan fingerprint density at radius 1 is 1.39 bits per heavy atom. The Hall–Kier alpha value is -1.90. The molecule has 9 heteroatoms. The van der Waals surface area contributed by atoms with Crippen LogP contribution in [-0.2, 0) is 9.53 Å². The molecule has 1 aromatic rings. The van der Waals surface area contributed by atoms with Gasteiger partial charge < -0.3 is 20.7 Å². The highest BCUT2D eigenvalue weighted by molar-refractivity contribution is 5.85. The maximum atomic E-state index is 11.8. The van der Waals surface area contributed by atoms with Crippen LogP contribution in [0.5, 0.6) is 0 Å². The zero-order valence-electron chi connectivity index (χ0n) is 12.6. The van der Waals surface area contributed by atoms with Gasteiger partial charge in [-0.25, -0.2) is 0 Å². The first kappa shape index (κ1) is 19.1. The lowest BCUT2D eigenvalue weighted by Gasteiger charge is -2.23. The molecule has 1 heterocycles. The summed E-state index contributed by atoms with van der Waals surface area (Å²) in [5.74, 6) is -0.0626. The van der Waals surface area contributed by atoms with Crippen LogP contribution in [0.4, 0.5) is 11.4 Å². The third kappa shape index (κ3) is 6.39. The van der Waals surface area contributed by atoms with Gasteiger partial charge >= 0.3 is 0 Å². The van der Waals surface area contributed by atoms with E-state index in [9.17, 15) is 14.9 Å². The molecule has 128 valence electrons. The molecule has 3 N–H and O–H groups in total. The van der Waals surface area contributed by atoms with Crippen LogP contribution in [0.1, 0.15) is 6.42 Å². The number of benzene rings is 1. The molecule has 0 saturated carbocycles. The Bertz CT molecular complexity index is 523. The van der Waals surface area contributed by atoms with Crippen molar-refractivity contribution >= 4 is 29.7 Å². The summed E-state index contributed by atoms with van der Waals surface area (Å²) in [6.45, 7) is 2.81. The van der Waals surface area contributed by atoms with Crippen molar-refractivity contribution in [1.29, 1.82) is 0 Å². The molecule has 1 saturated heterocycles. The van der Waals surface area contributed by atoms with Crippen LogP contribution in [0.2, 0.25) is 0 Å². The second kappa shape index (κ2) is 9.98. The number of halogens is 1. The van der Waals surface area contributed by atoms with Crippen molar-refractivity contribution in [3.05, 3.63) is 34.4 Å². The molecular formula is C14H21ClN4O4. The number of nitro benzene ring substituents is 1. The quantitative estimate of drug-likeness (QED) is 0.386. The number of hydrogen-bond acceptors (Lipinski definition) is 6. The third-order valence-corrected chi connectivity index (χ3v) is 3.29. The third-order valence-electron chi connectivity index (χ3n) is 3.29. The number of amides is 1. The van der Waals surface area contributed by atoms with E-state index in [1.807, 2.05) is 0 Å². The number of nitrogens with zero attached hydrogens (tertiary/aromatic N) is 1. The molecule has 1 atom stereocenters. The first-order valence-electron chi connectivity index (χ1n) is 7.22. The zero-order valence-corrected chi connectivity index (χ0v) is 13.4. The van der Waals surface area contributed by atoms with Gasteiger partial charge in [0.15, 0.2) is 0 Å². The summed E-state index contributed by atoms with van der Waals surface area (Å²) >= 11 is 0. The summed E-state index contributed by atoms with van der Waals surface area (Å²) in [6, 6.07) is 6.48. The van der Waals surface area contributed by atoms with E-state index in [1.54, 1.807) is 18.2 Å². The van der Waals surface area contributed by atoms with Gasteiger partial charge in [0.1, 0.15) is 5.69 Å². The van der Waals surface area contributed by atoms with Crippen molar-refractivity contribution in [3.63, 3.8) is 0 Å². The van der Waals surface area contributed by atoms with E-state index in [2.05, 4.69) is 16.0 Å². The summed E-state index contributed by atoms with van der Waals surface area (Å²) in [6.07, 6.45) is 0.367. The molecule has 0 aromatic heterocycles. The molecule has 0 aliphatic carbocycles. The van der Waals surface area contributed by atoms with Crippen molar-refractivity contribution < 1.29 is 14.5 Å². The highest BCUT2D eigenvalue weighted by Gasteiger charge is 2.16. The second-order valence-corrected chi connectivity index (χ2v) is 4.98. The van der Waals surface area contributed by atoms with E-state index in [0.29, 0.717) is 38.4 Å². The average Bonchev–Trinajstić information content (AvgIpc) is 2.53. The Kier molecular flexibility index (Phi) is 8.31. The number of hydrogen-bond donors (Lipinski definition) is 3. The van der Waals surface area contributed by atoms with Crippen LogP contribution in [0.15, 0.2) is 24.3 Å². The highest BCUT2D eigenvalue weighted by Crippen LogP contribution is 2.22. The van der Waals surface area contributed by atoms with Crippen LogP contribution >= 0.6 is 12.4 Å². The fraction of sp³-hybridized carbons (Fsp3) is 0.500. The molecule has 1 fully saturated rings. The second-order valence-electron chi connectivity index (χ2n) is 4.98. The number of ether oxygens (including phenoxy) is 1. The number of nitro groups is 1. The average molecular weight is 345 g/mol. The predicted molar refractivity (Wildman–Crippen MR) is 89.1 cm³/mol. The topological polar surface area (TPSA) is 106 Å². The standard InChI is InChI=1S/C14H20N4O4.ClH/c19-14(9-11-10-22-8-7-15-11)17-6-5-16-12-3-1-2-4-13(12)18(20)21;/h1-4,11,15-16H,5-10H2,(H,17,19);1H. The molecule has 0 bridgehead atoms. The summed E-state index contributed by atoms with van der Waals surface area (Å²) in [5.41, 5.74) is 0.474. The molecule has 0 radical (unpaired) electrons. The lowest BCUT2D eigenvalue weighted by atomic mass is 10.2. The van der Waals surface area contributed by atoms with Gasteiger partial charge in [-0.05, 0) is 6.07 Å². The fourth-order valence-corrected chi connectivity index (χ4v) is 2.23. The van der Waals surface area contributed by atoms with Crippen LogP contribution < -0.4 is 16.0 Å². The minimum Gasteiger partial charge on any atom is -0.378 e. The monoisotopic (exact) mass is 344 g/mol. The first-order valence-corrected chi connectivity index (χ1v) is 7.22. The van der Waals surface area contributed by atoms with Crippen molar-refractivity contribution in [2.45, 2.75) is 12.5 Å². The molecule has 23 heavy (non-hydrogen) atoms.